The number of methoxy groups -OCH3 is 2. The van der Waals surface area contributed by atoms with Crippen LogP contribution >= 0.6 is 0 Å². The van der Waals surface area contributed by atoms with Gasteiger partial charge in [-0.15, -0.1) is 0 Å². The third-order valence-electron chi connectivity index (χ3n) is 7.56. The summed E-state index contributed by atoms with van der Waals surface area (Å²) in [5.41, 5.74) is 4.88. The van der Waals surface area contributed by atoms with Gasteiger partial charge in [-0.05, 0) is 126 Å². The Labute approximate surface area is 221 Å². The van der Waals surface area contributed by atoms with Crippen molar-refractivity contribution < 1.29 is 9.47 Å². The van der Waals surface area contributed by atoms with Gasteiger partial charge in [-0.1, -0.05) is 60.7 Å². The van der Waals surface area contributed by atoms with Gasteiger partial charge in [-0.3, -0.25) is 0 Å². The van der Waals surface area contributed by atoms with Gasteiger partial charge in [0, 0.05) is 0 Å². The highest BCUT2D eigenvalue weighted by Crippen LogP contribution is 2.33. The third-order valence-corrected chi connectivity index (χ3v) is 7.56. The van der Waals surface area contributed by atoms with Crippen LogP contribution in [-0.4, -0.2) is 14.2 Å². The first-order chi connectivity index (χ1) is 18.7. The maximum Gasteiger partial charge on any atom is 0.119 e. The molecule has 0 N–H and O–H groups in total. The summed E-state index contributed by atoms with van der Waals surface area (Å²) in [6, 6.07) is 43.8. The van der Waals surface area contributed by atoms with Crippen LogP contribution in [0.3, 0.4) is 0 Å². The van der Waals surface area contributed by atoms with Crippen molar-refractivity contribution in [3.8, 4) is 33.8 Å². The van der Waals surface area contributed by atoms with Crippen molar-refractivity contribution in [2.75, 3.05) is 14.2 Å². The Bertz CT molecular complexity index is 1850. The van der Waals surface area contributed by atoms with Crippen LogP contribution in [0.4, 0.5) is 0 Å². The topological polar surface area (TPSA) is 18.5 Å². The van der Waals surface area contributed by atoms with Crippen LogP contribution in [0.15, 0.2) is 121 Å². The number of ether oxygens (including phenoxy) is 2. The van der Waals surface area contributed by atoms with Gasteiger partial charge in [-0.2, -0.15) is 0 Å². The summed E-state index contributed by atoms with van der Waals surface area (Å²) >= 11 is 0. The van der Waals surface area contributed by atoms with E-state index in [1.807, 2.05) is 12.1 Å². The zero-order valence-electron chi connectivity index (χ0n) is 21.4. The van der Waals surface area contributed by atoms with Gasteiger partial charge >= 0.3 is 0 Å². The van der Waals surface area contributed by atoms with Crippen LogP contribution in [0.1, 0.15) is 0 Å². The lowest BCUT2D eigenvalue weighted by Crippen LogP contribution is -1.85. The maximum atomic E-state index is 5.37. The monoisotopic (exact) mass is 490 g/mol. The summed E-state index contributed by atoms with van der Waals surface area (Å²) in [6.45, 7) is 0. The number of hydrogen-bond acceptors (Lipinski definition) is 2. The van der Waals surface area contributed by atoms with Gasteiger partial charge in [0.1, 0.15) is 11.5 Å². The lowest BCUT2D eigenvalue weighted by Gasteiger charge is -2.10. The average molecular weight is 491 g/mol. The normalized spacial score (nSPS) is 11.4. The van der Waals surface area contributed by atoms with Crippen molar-refractivity contribution in [2.45, 2.75) is 0 Å². The van der Waals surface area contributed by atoms with Crippen LogP contribution in [0, 0.1) is 0 Å². The predicted molar refractivity (Wildman–Crippen MR) is 160 cm³/mol. The largest absolute Gasteiger partial charge is 0.497 e. The highest BCUT2D eigenvalue weighted by Gasteiger charge is 2.07. The summed E-state index contributed by atoms with van der Waals surface area (Å²) in [5.74, 6) is 1.76. The fourth-order valence-corrected chi connectivity index (χ4v) is 5.42. The van der Waals surface area contributed by atoms with Gasteiger partial charge in [0.2, 0.25) is 0 Å². The summed E-state index contributed by atoms with van der Waals surface area (Å²) in [6.07, 6.45) is 0. The Morgan fingerprint density at radius 2 is 0.579 bits per heavy atom. The van der Waals surface area contributed by atoms with E-state index >= 15 is 0 Å². The zero-order valence-corrected chi connectivity index (χ0v) is 21.4. The second kappa shape index (κ2) is 8.93. The summed E-state index contributed by atoms with van der Waals surface area (Å²) < 4.78 is 10.7. The molecule has 0 radical (unpaired) electrons. The number of benzene rings is 7. The molecular formula is C36H26O2. The minimum atomic E-state index is 0.882. The number of rotatable bonds is 4. The quantitative estimate of drug-likeness (QED) is 0.229. The summed E-state index contributed by atoms with van der Waals surface area (Å²) in [7, 11) is 3.41. The molecule has 0 atom stereocenters. The molecule has 0 bridgehead atoms. The molecule has 7 aromatic carbocycles. The van der Waals surface area contributed by atoms with Gasteiger partial charge in [0.15, 0.2) is 0 Å². The molecule has 0 spiro atoms. The van der Waals surface area contributed by atoms with Crippen LogP contribution in [0.5, 0.6) is 11.5 Å². The highest BCUT2D eigenvalue weighted by atomic mass is 16.5. The van der Waals surface area contributed by atoms with E-state index in [-0.39, 0.29) is 0 Å². The van der Waals surface area contributed by atoms with Crippen molar-refractivity contribution >= 4 is 43.1 Å². The summed E-state index contributed by atoms with van der Waals surface area (Å²) in [4.78, 5) is 0. The van der Waals surface area contributed by atoms with Crippen LogP contribution < -0.4 is 9.47 Å². The smallest absolute Gasteiger partial charge is 0.119 e. The molecular weight excluding hydrogens is 464 g/mol. The van der Waals surface area contributed by atoms with E-state index in [1.165, 1.54) is 65.3 Å². The van der Waals surface area contributed by atoms with E-state index in [2.05, 4.69) is 109 Å². The van der Waals surface area contributed by atoms with Crippen molar-refractivity contribution in [1.29, 1.82) is 0 Å². The molecule has 0 aliphatic heterocycles. The van der Waals surface area contributed by atoms with Crippen LogP contribution in [-0.2, 0) is 0 Å². The first-order valence-corrected chi connectivity index (χ1v) is 12.8. The summed E-state index contributed by atoms with van der Waals surface area (Å²) in [5, 5.41) is 9.77. The molecule has 7 rings (SSSR count). The Kier molecular flexibility index (Phi) is 5.26. The van der Waals surface area contributed by atoms with Crippen molar-refractivity contribution in [2.24, 2.45) is 0 Å². The molecule has 7 aromatic rings. The maximum absolute atomic E-state index is 5.37. The molecule has 0 aliphatic rings. The molecule has 0 saturated carbocycles. The standard InChI is InChI=1S/C36H26O2/c1-37-35-13-11-27-15-23(5-9-31(27)21-35)25-3-7-29-20-34-18-26(4-8-30(34)19-33(29)17-25)24-6-10-32-22-36(38-2)14-12-28(32)16-24/h3-22H,1-2H3. The fraction of sp³-hybridized carbons (Fsp3) is 0.0556. The predicted octanol–water partition coefficient (Wildman–Crippen LogP) is 9.65. The lowest BCUT2D eigenvalue weighted by atomic mass is 9.95. The van der Waals surface area contributed by atoms with Crippen LogP contribution in [0.2, 0.25) is 0 Å². The molecule has 0 saturated heterocycles. The molecule has 0 unspecified atom stereocenters. The Morgan fingerprint density at radius 1 is 0.289 bits per heavy atom. The van der Waals surface area contributed by atoms with E-state index in [1.54, 1.807) is 14.2 Å². The van der Waals surface area contributed by atoms with Gasteiger partial charge in [-0.25, -0.2) is 0 Å². The number of fused-ring (bicyclic) bond motifs is 4. The molecule has 38 heavy (non-hydrogen) atoms. The molecule has 0 fully saturated rings. The van der Waals surface area contributed by atoms with E-state index in [4.69, 9.17) is 9.47 Å². The minimum Gasteiger partial charge on any atom is -0.497 e. The van der Waals surface area contributed by atoms with E-state index < -0.39 is 0 Å². The average Bonchev–Trinajstić information content (AvgIpc) is 2.98. The van der Waals surface area contributed by atoms with Crippen LogP contribution in [0.25, 0.3) is 65.3 Å². The van der Waals surface area contributed by atoms with E-state index in [9.17, 15) is 0 Å². The molecule has 2 heteroatoms. The number of hydrogen-bond donors (Lipinski definition) is 0. The molecule has 0 amide bonds. The second-order valence-corrected chi connectivity index (χ2v) is 9.83. The van der Waals surface area contributed by atoms with Gasteiger partial charge < -0.3 is 9.47 Å². The SMILES string of the molecule is COc1ccc2cc(-c3ccc4cc5cc(-c6ccc7cc(OC)ccc7c6)ccc5cc4c3)ccc2c1. The third kappa shape index (κ3) is 3.91. The first kappa shape index (κ1) is 22.4. The van der Waals surface area contributed by atoms with Crippen molar-refractivity contribution in [1.82, 2.24) is 0 Å². The molecule has 2 nitrogen and oxygen atoms in total. The highest BCUT2D eigenvalue weighted by molar-refractivity contribution is 6.02. The second-order valence-electron chi connectivity index (χ2n) is 9.83. The Morgan fingerprint density at radius 3 is 0.947 bits per heavy atom. The zero-order chi connectivity index (χ0) is 25.6. The molecule has 0 aromatic heterocycles. The molecule has 0 aliphatic carbocycles. The Balaban J connectivity index is 1.26. The Hall–Kier alpha value is -4.82. The molecule has 182 valence electrons. The van der Waals surface area contributed by atoms with E-state index in [0.29, 0.717) is 0 Å². The minimum absolute atomic E-state index is 0.882. The van der Waals surface area contributed by atoms with E-state index in [0.717, 1.165) is 11.5 Å². The van der Waals surface area contributed by atoms with Crippen molar-refractivity contribution in [3.05, 3.63) is 121 Å². The first-order valence-electron chi connectivity index (χ1n) is 12.8. The lowest BCUT2D eigenvalue weighted by molar-refractivity contribution is 0.415. The molecule has 0 heterocycles. The van der Waals surface area contributed by atoms with Gasteiger partial charge in [0.25, 0.3) is 0 Å². The van der Waals surface area contributed by atoms with Gasteiger partial charge in [0.05, 0.1) is 14.2 Å². The fourth-order valence-electron chi connectivity index (χ4n) is 5.42. The van der Waals surface area contributed by atoms with Crippen molar-refractivity contribution in [3.63, 3.8) is 0 Å².